The molecule has 4 aliphatic rings. The van der Waals surface area contributed by atoms with Crippen LogP contribution in [0.15, 0.2) is 16.7 Å². The molecular formula is C14H10O5. The third kappa shape index (κ3) is 1.22. The number of rotatable bonds is 1. The maximum absolute atomic E-state index is 11.6. The maximum atomic E-state index is 11.6. The normalized spacial score (nSPS) is 38.7. The van der Waals surface area contributed by atoms with Gasteiger partial charge in [0.05, 0.1) is 0 Å². The van der Waals surface area contributed by atoms with E-state index in [1.54, 1.807) is 11.9 Å². The maximum Gasteiger partial charge on any atom is 0.314 e. The molecule has 4 fully saturated rings. The van der Waals surface area contributed by atoms with Crippen LogP contribution >= 0.6 is 0 Å². The molecule has 1 N–H and O–H groups in total. The van der Waals surface area contributed by atoms with E-state index in [1.807, 2.05) is 5.94 Å². The van der Waals surface area contributed by atoms with Gasteiger partial charge in [-0.1, -0.05) is 0 Å². The molecule has 19 heavy (non-hydrogen) atoms. The minimum atomic E-state index is -1.26. The number of carboxylic acid groups (broad SMARTS) is 1. The summed E-state index contributed by atoms with van der Waals surface area (Å²) in [5, 5.41) is 9.48. The highest BCUT2D eigenvalue weighted by Crippen LogP contribution is 2.64. The Morgan fingerprint density at radius 2 is 1.74 bits per heavy atom. The van der Waals surface area contributed by atoms with E-state index in [0.717, 1.165) is 0 Å². The monoisotopic (exact) mass is 258 g/mol. The first-order chi connectivity index (χ1) is 9.08. The number of hydrogen-bond donors (Lipinski definition) is 1. The fourth-order valence-corrected chi connectivity index (χ4v) is 4.08. The highest BCUT2D eigenvalue weighted by molar-refractivity contribution is 5.87. The van der Waals surface area contributed by atoms with Gasteiger partial charge >= 0.3 is 5.97 Å². The summed E-state index contributed by atoms with van der Waals surface area (Å²) < 4.78 is 0. The van der Waals surface area contributed by atoms with Crippen molar-refractivity contribution in [2.75, 3.05) is 0 Å². The van der Waals surface area contributed by atoms with Crippen LogP contribution in [0.1, 0.15) is 19.3 Å². The first-order valence-corrected chi connectivity index (χ1v) is 6.07. The van der Waals surface area contributed by atoms with E-state index < -0.39 is 23.2 Å². The van der Waals surface area contributed by atoms with Crippen LogP contribution in [0, 0.1) is 23.2 Å². The van der Waals surface area contributed by atoms with Crippen molar-refractivity contribution < 1.29 is 24.3 Å². The molecule has 96 valence electrons. The number of allylic oxidation sites excluding steroid dienone is 2. The molecule has 0 spiro atoms. The summed E-state index contributed by atoms with van der Waals surface area (Å²) in [6, 6.07) is 0. The van der Waals surface area contributed by atoms with Gasteiger partial charge in [0.15, 0.2) is 0 Å². The van der Waals surface area contributed by atoms with Gasteiger partial charge in [-0.05, 0) is 25.2 Å². The van der Waals surface area contributed by atoms with Crippen LogP contribution in [0.2, 0.25) is 0 Å². The molecule has 4 saturated carbocycles. The quantitative estimate of drug-likeness (QED) is 0.687. The minimum absolute atomic E-state index is 0.0784. The van der Waals surface area contributed by atoms with E-state index in [2.05, 4.69) is 0 Å². The fraction of sp³-hybridized carbons (Fsp3) is 0.500. The Kier molecular flexibility index (Phi) is 2.29. The van der Waals surface area contributed by atoms with Gasteiger partial charge < -0.3 is 5.11 Å². The molecule has 4 rings (SSSR count). The Balaban J connectivity index is 2.27. The average Bonchev–Trinajstić information content (AvgIpc) is 2.38. The number of carbonyl (C=O) groups is 1. The van der Waals surface area contributed by atoms with Crippen LogP contribution in [0.25, 0.3) is 0 Å². The number of hydrogen-bond acceptors (Lipinski definition) is 4. The molecule has 0 radical (unpaired) electrons. The second kappa shape index (κ2) is 3.66. The summed E-state index contributed by atoms with van der Waals surface area (Å²) in [5.41, 5.74) is -0.322. The topological polar surface area (TPSA) is 88.5 Å². The molecule has 4 aliphatic carbocycles. The fourth-order valence-electron chi connectivity index (χ4n) is 4.08. The van der Waals surface area contributed by atoms with Gasteiger partial charge in [0, 0.05) is 28.6 Å². The molecule has 4 bridgehead atoms. The highest BCUT2D eigenvalue weighted by atomic mass is 16.4. The first kappa shape index (κ1) is 11.9. The Morgan fingerprint density at radius 1 is 1.05 bits per heavy atom. The molecule has 0 amide bonds. The van der Waals surface area contributed by atoms with Gasteiger partial charge in [-0.15, -0.1) is 0 Å². The second-order valence-electron chi connectivity index (χ2n) is 5.46. The van der Waals surface area contributed by atoms with Crippen molar-refractivity contribution in [3.05, 3.63) is 16.7 Å². The van der Waals surface area contributed by atoms with E-state index in [4.69, 9.17) is 0 Å². The van der Waals surface area contributed by atoms with Crippen molar-refractivity contribution in [3.8, 4) is 0 Å². The number of aliphatic carboxylic acids is 1. The Labute approximate surface area is 108 Å². The van der Waals surface area contributed by atoms with Crippen molar-refractivity contribution in [1.82, 2.24) is 0 Å². The van der Waals surface area contributed by atoms with Crippen LogP contribution in [-0.2, 0) is 19.2 Å². The van der Waals surface area contributed by atoms with Crippen molar-refractivity contribution >= 4 is 23.8 Å². The lowest BCUT2D eigenvalue weighted by molar-refractivity contribution is -0.151. The van der Waals surface area contributed by atoms with Crippen LogP contribution < -0.4 is 0 Å². The largest absolute Gasteiger partial charge is 0.481 e. The second-order valence-corrected chi connectivity index (χ2v) is 5.46. The van der Waals surface area contributed by atoms with E-state index in [1.165, 1.54) is 0 Å². The molecule has 0 heterocycles. The third-order valence-electron chi connectivity index (χ3n) is 4.85. The highest BCUT2D eigenvalue weighted by Gasteiger charge is 2.63. The first-order valence-electron chi connectivity index (χ1n) is 6.07. The van der Waals surface area contributed by atoms with Crippen LogP contribution in [-0.4, -0.2) is 28.9 Å². The lowest BCUT2D eigenvalue weighted by Crippen LogP contribution is -2.54. The van der Waals surface area contributed by atoms with Gasteiger partial charge in [-0.25, -0.2) is 14.4 Å². The van der Waals surface area contributed by atoms with Gasteiger partial charge in [0.25, 0.3) is 0 Å². The van der Waals surface area contributed by atoms with Gasteiger partial charge in [0.1, 0.15) is 23.2 Å². The molecule has 4 unspecified atom stereocenters. The predicted octanol–water partition coefficient (Wildman–Crippen LogP) is 0.391. The summed E-state index contributed by atoms with van der Waals surface area (Å²) in [6.45, 7) is 0. The van der Waals surface area contributed by atoms with Crippen LogP contribution in [0.5, 0.6) is 0 Å². The van der Waals surface area contributed by atoms with Crippen molar-refractivity contribution in [2.24, 2.45) is 23.2 Å². The zero-order valence-electron chi connectivity index (χ0n) is 9.93. The third-order valence-corrected chi connectivity index (χ3v) is 4.85. The van der Waals surface area contributed by atoms with E-state index in [-0.39, 0.29) is 24.3 Å². The SMILES string of the molecule is O=C=C1C2CC3C(=C=O)C1CC(C(=O)O)(C2)C3=C=O. The molecule has 0 saturated heterocycles. The van der Waals surface area contributed by atoms with Gasteiger partial charge in [-0.3, -0.25) is 4.79 Å². The lowest BCUT2D eigenvalue weighted by atomic mass is 9.45. The smallest absolute Gasteiger partial charge is 0.314 e. The summed E-state index contributed by atoms with van der Waals surface area (Å²) in [4.78, 5) is 44.9. The van der Waals surface area contributed by atoms with Crippen molar-refractivity contribution in [3.63, 3.8) is 0 Å². The Bertz CT molecular complexity index is 637. The molecule has 4 atom stereocenters. The van der Waals surface area contributed by atoms with E-state index in [0.29, 0.717) is 17.6 Å². The minimum Gasteiger partial charge on any atom is -0.481 e. The molecule has 5 nitrogen and oxygen atoms in total. The zero-order valence-corrected chi connectivity index (χ0v) is 9.93. The van der Waals surface area contributed by atoms with Crippen LogP contribution in [0.3, 0.4) is 0 Å². The lowest BCUT2D eigenvalue weighted by Gasteiger charge is -2.55. The predicted molar refractivity (Wildman–Crippen MR) is 62.0 cm³/mol. The summed E-state index contributed by atoms with van der Waals surface area (Å²) >= 11 is 0. The standard InChI is InChI=1S/C14H10O5/c15-4-10-7-1-8-11(5-16)9(10)3-14(2-7,13(18)19)12(8)6-17/h7-9H,1-3H2,(H,18,19). The van der Waals surface area contributed by atoms with Crippen molar-refractivity contribution in [2.45, 2.75) is 19.3 Å². The zero-order chi connectivity index (χ0) is 13.8. The van der Waals surface area contributed by atoms with Crippen molar-refractivity contribution in [1.29, 1.82) is 0 Å². The molecule has 0 aromatic rings. The number of carboxylic acids is 1. The summed E-state index contributed by atoms with van der Waals surface area (Å²) in [6.07, 6.45) is 0.733. The summed E-state index contributed by atoms with van der Waals surface area (Å²) in [5.74, 6) is 3.12. The van der Waals surface area contributed by atoms with E-state index in [9.17, 15) is 24.3 Å². The molecular weight excluding hydrogens is 248 g/mol. The molecule has 0 aromatic heterocycles. The number of carbonyl (C=O) groups excluding carboxylic acids is 3. The molecule has 5 heteroatoms. The summed E-state index contributed by atoms with van der Waals surface area (Å²) in [7, 11) is 0. The van der Waals surface area contributed by atoms with Gasteiger partial charge in [0.2, 0.25) is 0 Å². The van der Waals surface area contributed by atoms with Crippen LogP contribution in [0.4, 0.5) is 0 Å². The Hall–Kier alpha value is -2.18. The van der Waals surface area contributed by atoms with E-state index >= 15 is 0 Å². The molecule has 0 aromatic carbocycles. The molecule has 0 aliphatic heterocycles. The Morgan fingerprint density at radius 3 is 2.26 bits per heavy atom. The average molecular weight is 258 g/mol. The van der Waals surface area contributed by atoms with Gasteiger partial charge in [-0.2, -0.15) is 0 Å².